The van der Waals surface area contributed by atoms with Gasteiger partial charge in [0.1, 0.15) is 5.75 Å². The third-order valence-electron chi connectivity index (χ3n) is 2.85. The third-order valence-corrected chi connectivity index (χ3v) is 2.85. The van der Waals surface area contributed by atoms with Crippen LogP contribution in [0.25, 0.3) is 0 Å². The highest BCUT2D eigenvalue weighted by atomic mass is 16.6. The van der Waals surface area contributed by atoms with E-state index in [0.29, 0.717) is 18.5 Å². The second-order valence-corrected chi connectivity index (χ2v) is 4.42. The molecule has 0 amide bonds. The normalized spacial score (nSPS) is 10.7. The van der Waals surface area contributed by atoms with Crippen molar-refractivity contribution in [1.29, 1.82) is 0 Å². The molecule has 0 radical (unpaired) electrons. The molecule has 114 valence electrons. The molecule has 1 aromatic rings. The Hall–Kier alpha value is -2.44. The van der Waals surface area contributed by atoms with Crippen molar-refractivity contribution >= 4 is 17.9 Å². The number of ether oxygens (including phenoxy) is 1. The molecule has 0 aliphatic carbocycles. The highest BCUT2D eigenvalue weighted by Gasteiger charge is 2.08. The predicted molar refractivity (Wildman–Crippen MR) is 77.7 cm³/mol. The highest BCUT2D eigenvalue weighted by molar-refractivity contribution is 5.84. The van der Waals surface area contributed by atoms with Crippen LogP contribution in [0.3, 0.4) is 0 Å². The Morgan fingerprint density at radius 1 is 1.43 bits per heavy atom. The summed E-state index contributed by atoms with van der Waals surface area (Å²) in [6.07, 6.45) is 4.19. The van der Waals surface area contributed by atoms with Gasteiger partial charge in [-0.05, 0) is 18.9 Å². The highest BCUT2D eigenvalue weighted by Crippen LogP contribution is 2.21. The van der Waals surface area contributed by atoms with E-state index in [-0.39, 0.29) is 17.4 Å². The largest absolute Gasteiger partial charge is 0.507 e. The second kappa shape index (κ2) is 8.68. The van der Waals surface area contributed by atoms with Gasteiger partial charge in [0.25, 0.3) is 5.69 Å². The number of phenols is 1. The average Bonchev–Trinajstić information content (AvgIpc) is 2.47. The Kier molecular flexibility index (Phi) is 6.86. The summed E-state index contributed by atoms with van der Waals surface area (Å²) in [5.41, 5.74) is 0.228. The van der Waals surface area contributed by atoms with Crippen LogP contribution in [0.15, 0.2) is 23.2 Å². The molecule has 0 heterocycles. The molecule has 0 atom stereocenters. The maximum Gasteiger partial charge on any atom is 0.305 e. The molecule has 1 rings (SSSR count). The van der Waals surface area contributed by atoms with E-state index in [1.165, 1.54) is 31.5 Å². The summed E-state index contributed by atoms with van der Waals surface area (Å²) in [7, 11) is 1.36. The number of benzene rings is 1. The van der Waals surface area contributed by atoms with Crippen molar-refractivity contribution in [3.63, 3.8) is 0 Å². The zero-order valence-corrected chi connectivity index (χ0v) is 11.8. The Balaban J connectivity index is 2.38. The first-order chi connectivity index (χ1) is 10.0. The van der Waals surface area contributed by atoms with Gasteiger partial charge in [0.05, 0.1) is 12.0 Å². The van der Waals surface area contributed by atoms with Gasteiger partial charge in [-0.15, -0.1) is 0 Å². The molecule has 0 aliphatic rings. The number of aromatic hydroxyl groups is 1. The fourth-order valence-corrected chi connectivity index (χ4v) is 1.67. The lowest BCUT2D eigenvalue weighted by molar-refractivity contribution is -0.384. The number of hydrogen-bond donors (Lipinski definition) is 1. The molecule has 7 nitrogen and oxygen atoms in total. The fraction of sp³-hybridized carbons (Fsp3) is 0.429. The minimum absolute atomic E-state index is 0.0463. The average molecular weight is 294 g/mol. The SMILES string of the molecule is COC(=O)CCCCCN=Cc1cc([N+](=O)[O-])ccc1O. The van der Waals surface area contributed by atoms with E-state index in [1.54, 1.807) is 0 Å². The summed E-state index contributed by atoms with van der Waals surface area (Å²) >= 11 is 0. The third kappa shape index (κ3) is 6.03. The van der Waals surface area contributed by atoms with Gasteiger partial charge in [-0.3, -0.25) is 19.9 Å². The van der Waals surface area contributed by atoms with Crippen LogP contribution < -0.4 is 0 Å². The maximum atomic E-state index is 10.9. The van der Waals surface area contributed by atoms with E-state index >= 15 is 0 Å². The van der Waals surface area contributed by atoms with Crippen LogP contribution in [-0.2, 0) is 9.53 Å². The number of nitro groups is 1. The van der Waals surface area contributed by atoms with Crippen molar-refractivity contribution in [3.8, 4) is 5.75 Å². The molecule has 7 heteroatoms. The van der Waals surface area contributed by atoms with Crippen LogP contribution >= 0.6 is 0 Å². The number of unbranched alkanes of at least 4 members (excludes halogenated alkanes) is 2. The van der Waals surface area contributed by atoms with E-state index in [2.05, 4.69) is 9.73 Å². The summed E-state index contributed by atoms with van der Waals surface area (Å²) in [5.74, 6) is -0.268. The summed E-state index contributed by atoms with van der Waals surface area (Å²) < 4.78 is 4.53. The first kappa shape index (κ1) is 16.6. The summed E-state index contributed by atoms with van der Waals surface area (Å²) in [6.45, 7) is 0.531. The molecule has 1 aromatic carbocycles. The zero-order chi connectivity index (χ0) is 15.7. The number of nitro benzene ring substituents is 1. The van der Waals surface area contributed by atoms with Gasteiger partial charge in [-0.25, -0.2) is 0 Å². The monoisotopic (exact) mass is 294 g/mol. The van der Waals surface area contributed by atoms with Crippen LogP contribution in [0.4, 0.5) is 5.69 Å². The quantitative estimate of drug-likeness (QED) is 0.261. The molecular weight excluding hydrogens is 276 g/mol. The summed E-state index contributed by atoms with van der Waals surface area (Å²) in [6, 6.07) is 3.78. The predicted octanol–water partition coefficient (Wildman–Crippen LogP) is 2.45. The van der Waals surface area contributed by atoms with Gasteiger partial charge in [0.2, 0.25) is 0 Å². The standard InChI is InChI=1S/C14H18N2O5/c1-21-14(18)5-3-2-4-8-15-10-11-9-12(16(19)20)6-7-13(11)17/h6-7,9-10,17H,2-5,8H2,1H3. The second-order valence-electron chi connectivity index (χ2n) is 4.42. The van der Waals surface area contributed by atoms with Crippen molar-refractivity contribution < 1.29 is 19.6 Å². The molecule has 0 fully saturated rings. The molecule has 0 aliphatic heterocycles. The van der Waals surface area contributed by atoms with Gasteiger partial charge < -0.3 is 9.84 Å². The number of methoxy groups -OCH3 is 1. The lowest BCUT2D eigenvalue weighted by atomic mass is 10.2. The van der Waals surface area contributed by atoms with Crippen LogP contribution in [0.2, 0.25) is 0 Å². The van der Waals surface area contributed by atoms with Crippen molar-refractivity contribution in [3.05, 3.63) is 33.9 Å². The number of esters is 1. The minimum atomic E-state index is -0.524. The van der Waals surface area contributed by atoms with Crippen LogP contribution in [0.1, 0.15) is 31.2 Å². The van der Waals surface area contributed by atoms with E-state index in [4.69, 9.17) is 0 Å². The molecule has 0 unspecified atom stereocenters. The number of non-ortho nitro benzene ring substituents is 1. The Morgan fingerprint density at radius 3 is 2.86 bits per heavy atom. The topological polar surface area (TPSA) is 102 Å². The van der Waals surface area contributed by atoms with Crippen molar-refractivity contribution in [2.75, 3.05) is 13.7 Å². The number of phenolic OH excluding ortho intramolecular Hbond substituents is 1. The van der Waals surface area contributed by atoms with Gasteiger partial charge in [-0.1, -0.05) is 6.42 Å². The van der Waals surface area contributed by atoms with Crippen LogP contribution in [0, 0.1) is 10.1 Å². The maximum absolute atomic E-state index is 10.9. The summed E-state index contributed by atoms with van der Waals surface area (Å²) in [5, 5.41) is 20.2. The Bertz CT molecular complexity index is 528. The first-order valence-electron chi connectivity index (χ1n) is 6.58. The molecule has 0 saturated heterocycles. The van der Waals surface area contributed by atoms with Gasteiger partial charge in [-0.2, -0.15) is 0 Å². The van der Waals surface area contributed by atoms with E-state index < -0.39 is 4.92 Å². The number of aliphatic imine (C=N–C) groups is 1. The number of carbonyl (C=O) groups excluding carboxylic acids is 1. The van der Waals surface area contributed by atoms with Gasteiger partial charge >= 0.3 is 5.97 Å². The van der Waals surface area contributed by atoms with Gasteiger partial charge in [0.15, 0.2) is 0 Å². The molecule has 1 N–H and O–H groups in total. The van der Waals surface area contributed by atoms with E-state index in [0.717, 1.165) is 19.3 Å². The lowest BCUT2D eigenvalue weighted by Crippen LogP contribution is -1.99. The smallest absolute Gasteiger partial charge is 0.305 e. The van der Waals surface area contributed by atoms with Crippen molar-refractivity contribution in [2.24, 2.45) is 4.99 Å². The number of rotatable bonds is 8. The molecular formula is C14H18N2O5. The Labute approximate surface area is 122 Å². The molecule has 0 spiro atoms. The molecule has 0 aromatic heterocycles. The molecule has 21 heavy (non-hydrogen) atoms. The minimum Gasteiger partial charge on any atom is -0.507 e. The lowest BCUT2D eigenvalue weighted by Gasteiger charge is -2.00. The summed E-state index contributed by atoms with van der Waals surface area (Å²) in [4.78, 5) is 25.1. The van der Waals surface area contributed by atoms with Crippen molar-refractivity contribution in [1.82, 2.24) is 0 Å². The zero-order valence-electron chi connectivity index (χ0n) is 11.8. The van der Waals surface area contributed by atoms with Crippen molar-refractivity contribution in [2.45, 2.75) is 25.7 Å². The van der Waals surface area contributed by atoms with Crippen LogP contribution in [0.5, 0.6) is 5.75 Å². The molecule has 0 saturated carbocycles. The van der Waals surface area contributed by atoms with E-state index in [9.17, 15) is 20.0 Å². The van der Waals surface area contributed by atoms with Crippen LogP contribution in [-0.4, -0.2) is 35.9 Å². The number of nitrogens with zero attached hydrogens (tertiary/aromatic N) is 2. The van der Waals surface area contributed by atoms with Gasteiger partial charge in [0, 0.05) is 36.9 Å². The molecule has 0 bridgehead atoms. The fourth-order valence-electron chi connectivity index (χ4n) is 1.67. The Morgan fingerprint density at radius 2 is 2.19 bits per heavy atom. The number of hydrogen-bond acceptors (Lipinski definition) is 6. The first-order valence-corrected chi connectivity index (χ1v) is 6.58. The number of carbonyl (C=O) groups is 1. The van der Waals surface area contributed by atoms with E-state index in [1.807, 2.05) is 0 Å².